The smallest absolute Gasteiger partial charge is 0.405 e. The van der Waals surface area contributed by atoms with Crippen LogP contribution in [0.4, 0.5) is 30.5 Å². The summed E-state index contributed by atoms with van der Waals surface area (Å²) in [5.41, 5.74) is 0.549. The Morgan fingerprint density at radius 3 is 2.88 bits per heavy atom. The van der Waals surface area contributed by atoms with Crippen LogP contribution in [-0.4, -0.2) is 64.0 Å². The van der Waals surface area contributed by atoms with Gasteiger partial charge < -0.3 is 19.8 Å². The number of alkyl halides is 3. The maximum absolute atomic E-state index is 12.8. The van der Waals surface area contributed by atoms with Crippen LogP contribution in [0.1, 0.15) is 16.9 Å². The van der Waals surface area contributed by atoms with Gasteiger partial charge in [0.05, 0.1) is 25.3 Å². The van der Waals surface area contributed by atoms with Gasteiger partial charge in [0, 0.05) is 25.9 Å². The maximum Gasteiger partial charge on any atom is 0.405 e. The lowest BCUT2D eigenvalue weighted by atomic mass is 10.2. The van der Waals surface area contributed by atoms with Gasteiger partial charge in [-0.3, -0.25) is 19.2 Å². The van der Waals surface area contributed by atoms with E-state index in [1.54, 1.807) is 13.2 Å². The molecule has 0 aliphatic carbocycles. The summed E-state index contributed by atoms with van der Waals surface area (Å²) in [5, 5.41) is 9.10. The van der Waals surface area contributed by atoms with Crippen LogP contribution in [0.3, 0.4) is 0 Å². The highest BCUT2D eigenvalue weighted by Gasteiger charge is 2.34. The Morgan fingerprint density at radius 2 is 2.18 bits per heavy atom. The number of halogens is 3. The summed E-state index contributed by atoms with van der Waals surface area (Å²) in [4.78, 5) is 34.5. The van der Waals surface area contributed by atoms with Crippen LogP contribution >= 0.6 is 0 Å². The van der Waals surface area contributed by atoms with Crippen molar-refractivity contribution >= 4 is 29.1 Å². The number of pyridine rings is 1. The summed E-state index contributed by atoms with van der Waals surface area (Å²) >= 11 is 0. The van der Waals surface area contributed by atoms with E-state index in [9.17, 15) is 22.8 Å². The largest absolute Gasteiger partial charge is 0.444 e. The highest BCUT2D eigenvalue weighted by atomic mass is 19.4. The first-order valence-electron chi connectivity index (χ1n) is 10.0. The molecule has 14 heteroatoms. The fourth-order valence-corrected chi connectivity index (χ4v) is 3.35. The van der Waals surface area contributed by atoms with E-state index in [0.717, 1.165) is 6.26 Å². The van der Waals surface area contributed by atoms with E-state index in [1.807, 2.05) is 0 Å². The van der Waals surface area contributed by atoms with Crippen LogP contribution in [0.2, 0.25) is 0 Å². The summed E-state index contributed by atoms with van der Waals surface area (Å²) in [6.45, 7) is -0.948. The summed E-state index contributed by atoms with van der Waals surface area (Å²) in [6.07, 6.45) is -0.512. The number of anilines is 3. The molecule has 1 aliphatic rings. The van der Waals surface area contributed by atoms with Crippen molar-refractivity contribution in [3.8, 4) is 11.5 Å². The molecule has 1 saturated heterocycles. The average molecular weight is 479 g/mol. The van der Waals surface area contributed by atoms with E-state index in [2.05, 4.69) is 25.7 Å². The molecule has 2 amide bonds. The SMILES string of the molecule is CO[C@H]1CC(=O)N(c2nn(C)cc2NC(=O)c2coc(-c3ccnc(NCC(F)(F)F)c3)n2)C1. The number of aromatic nitrogens is 4. The molecule has 1 fully saturated rings. The summed E-state index contributed by atoms with van der Waals surface area (Å²) < 4.78 is 49.3. The number of oxazole rings is 1. The van der Waals surface area contributed by atoms with E-state index in [-0.39, 0.29) is 41.7 Å². The predicted molar refractivity (Wildman–Crippen MR) is 113 cm³/mol. The van der Waals surface area contributed by atoms with Crippen molar-refractivity contribution in [3.05, 3.63) is 36.5 Å². The molecule has 180 valence electrons. The maximum atomic E-state index is 12.8. The molecule has 3 aromatic heterocycles. The number of hydrogen-bond donors (Lipinski definition) is 2. The molecule has 0 unspecified atom stereocenters. The van der Waals surface area contributed by atoms with Gasteiger partial charge in [-0.2, -0.15) is 18.3 Å². The zero-order valence-corrected chi connectivity index (χ0v) is 18.1. The lowest BCUT2D eigenvalue weighted by molar-refractivity contribution is -0.118. The van der Waals surface area contributed by atoms with Crippen molar-refractivity contribution in [1.82, 2.24) is 19.7 Å². The Kier molecular flexibility index (Phi) is 6.24. The van der Waals surface area contributed by atoms with Crippen molar-refractivity contribution < 1.29 is 31.9 Å². The molecule has 3 aromatic rings. The van der Waals surface area contributed by atoms with Crippen molar-refractivity contribution in [3.63, 3.8) is 0 Å². The number of methoxy groups -OCH3 is 1. The van der Waals surface area contributed by atoms with Crippen LogP contribution in [-0.2, 0) is 16.6 Å². The van der Waals surface area contributed by atoms with Crippen LogP contribution in [0.5, 0.6) is 0 Å². The number of nitrogens with one attached hydrogen (secondary N) is 2. The first kappa shape index (κ1) is 23.2. The number of rotatable bonds is 7. The van der Waals surface area contributed by atoms with Crippen molar-refractivity contribution in [1.29, 1.82) is 0 Å². The predicted octanol–water partition coefficient (Wildman–Crippen LogP) is 2.45. The number of amides is 2. The minimum atomic E-state index is -4.40. The van der Waals surface area contributed by atoms with E-state index in [4.69, 9.17) is 9.15 Å². The zero-order valence-electron chi connectivity index (χ0n) is 18.1. The molecule has 2 N–H and O–H groups in total. The van der Waals surface area contributed by atoms with Crippen molar-refractivity contribution in [2.24, 2.45) is 7.05 Å². The lowest BCUT2D eigenvalue weighted by Crippen LogP contribution is -2.27. The lowest BCUT2D eigenvalue weighted by Gasteiger charge is -2.15. The first-order chi connectivity index (χ1) is 16.1. The molecular formula is C20H20F3N7O4. The second-order valence-electron chi connectivity index (χ2n) is 7.50. The highest BCUT2D eigenvalue weighted by Crippen LogP contribution is 2.29. The molecule has 4 heterocycles. The van der Waals surface area contributed by atoms with Crippen LogP contribution in [0.25, 0.3) is 11.5 Å². The third-order valence-electron chi connectivity index (χ3n) is 4.95. The molecule has 11 nitrogen and oxygen atoms in total. The molecule has 1 aliphatic heterocycles. The quantitative estimate of drug-likeness (QED) is 0.529. The second kappa shape index (κ2) is 9.13. The van der Waals surface area contributed by atoms with Crippen molar-refractivity contribution in [2.45, 2.75) is 18.7 Å². The standard InChI is InChI=1S/C20H20F3N7O4/c1-29-8-13(17(28-29)30-7-12(33-2)6-16(30)31)26-18(32)14-9-34-19(27-14)11-3-4-24-15(5-11)25-10-20(21,22)23/h3-5,8-9,12H,6-7,10H2,1-2H3,(H,24,25)(H,26,32)/t12-/m0/s1. The topological polar surface area (TPSA) is 127 Å². The Morgan fingerprint density at radius 1 is 1.38 bits per heavy atom. The minimum Gasteiger partial charge on any atom is -0.444 e. The van der Waals surface area contributed by atoms with E-state index in [1.165, 1.54) is 35.0 Å². The molecule has 4 rings (SSSR count). The van der Waals surface area contributed by atoms with Gasteiger partial charge >= 0.3 is 6.18 Å². The molecule has 0 saturated carbocycles. The molecule has 0 bridgehead atoms. The van der Waals surface area contributed by atoms with E-state index >= 15 is 0 Å². The fourth-order valence-electron chi connectivity index (χ4n) is 3.35. The molecule has 0 radical (unpaired) electrons. The number of aryl methyl sites for hydroxylation is 1. The highest BCUT2D eigenvalue weighted by molar-refractivity contribution is 6.06. The molecule has 1 atom stereocenters. The number of hydrogen-bond acceptors (Lipinski definition) is 8. The second-order valence-corrected chi connectivity index (χ2v) is 7.50. The zero-order chi connectivity index (χ0) is 24.5. The third kappa shape index (κ3) is 5.17. The number of carbonyl (C=O) groups is 2. The summed E-state index contributed by atoms with van der Waals surface area (Å²) in [7, 11) is 3.17. The summed E-state index contributed by atoms with van der Waals surface area (Å²) in [5.74, 6) is -0.532. The van der Waals surface area contributed by atoms with Gasteiger partial charge in [-0.25, -0.2) is 9.97 Å². The number of ether oxygens (including phenoxy) is 1. The van der Waals surface area contributed by atoms with Crippen LogP contribution < -0.4 is 15.5 Å². The molecule has 0 spiro atoms. The number of nitrogens with zero attached hydrogens (tertiary/aromatic N) is 5. The van der Waals surface area contributed by atoms with Gasteiger partial charge in [0.2, 0.25) is 11.8 Å². The molecule has 0 aromatic carbocycles. The van der Waals surface area contributed by atoms with Crippen LogP contribution in [0.15, 0.2) is 35.2 Å². The van der Waals surface area contributed by atoms with E-state index < -0.39 is 18.6 Å². The Hall–Kier alpha value is -3.94. The Bertz CT molecular complexity index is 1210. The van der Waals surface area contributed by atoms with Gasteiger partial charge in [0.1, 0.15) is 24.3 Å². The monoisotopic (exact) mass is 479 g/mol. The van der Waals surface area contributed by atoms with Gasteiger partial charge in [0.25, 0.3) is 5.91 Å². The van der Waals surface area contributed by atoms with Crippen LogP contribution in [0, 0.1) is 0 Å². The Balaban J connectivity index is 1.49. The Labute approximate surface area is 190 Å². The van der Waals surface area contributed by atoms with Crippen molar-refractivity contribution in [2.75, 3.05) is 35.7 Å². The normalized spacial score (nSPS) is 16.2. The van der Waals surface area contributed by atoms with E-state index in [0.29, 0.717) is 17.8 Å². The van der Waals surface area contributed by atoms with Gasteiger partial charge in [-0.15, -0.1) is 0 Å². The fraction of sp³-hybridized carbons (Fsp3) is 0.350. The minimum absolute atomic E-state index is 0.0201. The summed E-state index contributed by atoms with van der Waals surface area (Å²) in [6, 6.07) is 2.81. The van der Waals surface area contributed by atoms with Gasteiger partial charge in [0.15, 0.2) is 11.5 Å². The average Bonchev–Trinajstić information content (AvgIpc) is 3.50. The third-order valence-corrected chi connectivity index (χ3v) is 4.95. The molecule has 34 heavy (non-hydrogen) atoms. The van der Waals surface area contributed by atoms with Gasteiger partial charge in [-0.05, 0) is 12.1 Å². The molecular weight excluding hydrogens is 459 g/mol. The first-order valence-corrected chi connectivity index (χ1v) is 10.0. The number of carbonyl (C=O) groups excluding carboxylic acids is 2. The van der Waals surface area contributed by atoms with Gasteiger partial charge in [-0.1, -0.05) is 0 Å².